The number of pyridine rings is 1. The van der Waals surface area contributed by atoms with Crippen molar-refractivity contribution in [3.05, 3.63) is 64.3 Å². The molecule has 0 spiro atoms. The molecule has 2 aromatic rings. The first-order valence-electron chi connectivity index (χ1n) is 6.81. The van der Waals surface area contributed by atoms with Crippen LogP contribution in [0.2, 0.25) is 0 Å². The highest BCUT2D eigenvalue weighted by molar-refractivity contribution is 8.27. The second-order valence-electron chi connectivity index (χ2n) is 5.09. The van der Waals surface area contributed by atoms with Gasteiger partial charge in [0.1, 0.15) is 0 Å². The number of carbonyl (C=O) groups excluding carboxylic acids is 1. The summed E-state index contributed by atoms with van der Waals surface area (Å²) in [6.07, 6.45) is 5.22. The van der Waals surface area contributed by atoms with Crippen LogP contribution in [0.25, 0.3) is 6.08 Å². The number of nitrogens with zero attached hydrogens (tertiary/aromatic N) is 2. The second-order valence-corrected chi connectivity index (χ2v) is 6.76. The van der Waals surface area contributed by atoms with Gasteiger partial charge in [-0.2, -0.15) is 0 Å². The van der Waals surface area contributed by atoms with E-state index in [4.69, 9.17) is 12.2 Å². The first-order chi connectivity index (χ1) is 10.6. The Labute approximate surface area is 139 Å². The molecule has 1 fully saturated rings. The summed E-state index contributed by atoms with van der Waals surface area (Å²) in [7, 11) is 0. The van der Waals surface area contributed by atoms with E-state index in [1.165, 1.54) is 22.2 Å². The van der Waals surface area contributed by atoms with Crippen LogP contribution in [0.1, 0.15) is 16.7 Å². The summed E-state index contributed by atoms with van der Waals surface area (Å²) in [5.41, 5.74) is 4.09. The average Bonchev–Trinajstić information content (AvgIpc) is 2.77. The second kappa shape index (κ2) is 6.02. The molecule has 1 aromatic carbocycles. The number of aromatic nitrogens is 1. The van der Waals surface area contributed by atoms with Crippen LogP contribution in [0.15, 0.2) is 47.6 Å². The fraction of sp³-hybridized carbons (Fsp3) is 0.118. The maximum absolute atomic E-state index is 12.6. The molecule has 1 aromatic heterocycles. The largest absolute Gasteiger partial charge is 0.270 e. The minimum atomic E-state index is -0.0945. The molecule has 0 bridgehead atoms. The predicted octanol–water partition coefficient (Wildman–Crippen LogP) is 4.10. The van der Waals surface area contributed by atoms with Gasteiger partial charge in [0.15, 0.2) is 4.32 Å². The summed E-state index contributed by atoms with van der Waals surface area (Å²) in [5, 5.41) is 0. The Kier molecular flexibility index (Phi) is 4.09. The van der Waals surface area contributed by atoms with Gasteiger partial charge in [-0.25, -0.2) is 0 Å². The molecule has 0 radical (unpaired) electrons. The van der Waals surface area contributed by atoms with Crippen molar-refractivity contribution in [1.29, 1.82) is 0 Å². The van der Waals surface area contributed by atoms with Crippen molar-refractivity contribution in [3.63, 3.8) is 0 Å². The molecule has 1 aliphatic heterocycles. The summed E-state index contributed by atoms with van der Waals surface area (Å²) in [6.45, 7) is 4.10. The SMILES string of the molecule is Cc1ccc(/C=C2\SC(=S)N(c3cccnc3)C2=O)c(C)c1. The lowest BCUT2D eigenvalue weighted by Crippen LogP contribution is -2.27. The monoisotopic (exact) mass is 326 g/mol. The molecule has 1 amide bonds. The Morgan fingerprint density at radius 1 is 1.27 bits per heavy atom. The molecule has 0 N–H and O–H groups in total. The smallest absolute Gasteiger partial charge is 0.268 e. The van der Waals surface area contributed by atoms with Crippen molar-refractivity contribution in [2.75, 3.05) is 4.90 Å². The van der Waals surface area contributed by atoms with E-state index in [1.54, 1.807) is 18.5 Å². The molecule has 0 saturated carbocycles. The first-order valence-corrected chi connectivity index (χ1v) is 8.04. The van der Waals surface area contributed by atoms with Crippen molar-refractivity contribution >= 4 is 46.0 Å². The summed E-state index contributed by atoms with van der Waals surface area (Å²) >= 11 is 6.67. The highest BCUT2D eigenvalue weighted by atomic mass is 32.2. The Balaban J connectivity index is 1.96. The molecule has 3 rings (SSSR count). The normalized spacial score (nSPS) is 16.6. The Morgan fingerprint density at radius 2 is 2.09 bits per heavy atom. The Bertz CT molecular complexity index is 785. The van der Waals surface area contributed by atoms with Gasteiger partial charge in [-0.3, -0.25) is 14.7 Å². The van der Waals surface area contributed by atoms with Crippen LogP contribution >= 0.6 is 24.0 Å². The van der Waals surface area contributed by atoms with E-state index < -0.39 is 0 Å². The maximum Gasteiger partial charge on any atom is 0.270 e. The van der Waals surface area contributed by atoms with Crippen LogP contribution in [0.4, 0.5) is 5.69 Å². The summed E-state index contributed by atoms with van der Waals surface area (Å²) in [6, 6.07) is 9.80. The van der Waals surface area contributed by atoms with E-state index in [0.717, 1.165) is 11.1 Å². The van der Waals surface area contributed by atoms with Gasteiger partial charge in [-0.15, -0.1) is 0 Å². The molecule has 22 heavy (non-hydrogen) atoms. The highest BCUT2D eigenvalue weighted by Crippen LogP contribution is 2.35. The van der Waals surface area contributed by atoms with Gasteiger partial charge in [0, 0.05) is 6.20 Å². The van der Waals surface area contributed by atoms with E-state index in [2.05, 4.69) is 18.0 Å². The van der Waals surface area contributed by atoms with E-state index in [9.17, 15) is 4.79 Å². The number of aryl methyl sites for hydroxylation is 2. The molecule has 1 aliphatic rings. The van der Waals surface area contributed by atoms with E-state index in [-0.39, 0.29) is 5.91 Å². The lowest BCUT2D eigenvalue weighted by atomic mass is 10.1. The molecule has 110 valence electrons. The summed E-state index contributed by atoms with van der Waals surface area (Å²) in [4.78, 5) is 18.8. The Morgan fingerprint density at radius 3 is 2.77 bits per heavy atom. The molecule has 0 aliphatic carbocycles. The lowest BCUT2D eigenvalue weighted by Gasteiger charge is -2.13. The number of rotatable bonds is 2. The summed E-state index contributed by atoms with van der Waals surface area (Å²) in [5.74, 6) is -0.0945. The third-order valence-corrected chi connectivity index (χ3v) is 4.71. The van der Waals surface area contributed by atoms with Gasteiger partial charge in [-0.1, -0.05) is 47.7 Å². The van der Waals surface area contributed by atoms with E-state index >= 15 is 0 Å². The fourth-order valence-electron chi connectivity index (χ4n) is 2.31. The van der Waals surface area contributed by atoms with Crippen LogP contribution in [0.5, 0.6) is 0 Å². The van der Waals surface area contributed by atoms with Crippen molar-refractivity contribution in [2.45, 2.75) is 13.8 Å². The molecule has 5 heteroatoms. The van der Waals surface area contributed by atoms with Crippen LogP contribution in [0.3, 0.4) is 0 Å². The van der Waals surface area contributed by atoms with Crippen molar-refractivity contribution in [2.24, 2.45) is 0 Å². The van der Waals surface area contributed by atoms with E-state index in [0.29, 0.717) is 14.9 Å². The van der Waals surface area contributed by atoms with Crippen LogP contribution in [0, 0.1) is 13.8 Å². The lowest BCUT2D eigenvalue weighted by molar-refractivity contribution is -0.113. The van der Waals surface area contributed by atoms with Crippen LogP contribution in [-0.2, 0) is 4.79 Å². The number of thiocarbonyl (C=S) groups is 1. The first kappa shape index (κ1) is 14.9. The zero-order chi connectivity index (χ0) is 15.7. The van der Waals surface area contributed by atoms with Crippen molar-refractivity contribution < 1.29 is 4.79 Å². The molecule has 1 saturated heterocycles. The summed E-state index contributed by atoms with van der Waals surface area (Å²) < 4.78 is 0.536. The zero-order valence-corrected chi connectivity index (χ0v) is 13.9. The molecule has 0 atom stereocenters. The number of carbonyl (C=O) groups is 1. The number of anilines is 1. The number of benzene rings is 1. The van der Waals surface area contributed by atoms with Crippen LogP contribution < -0.4 is 4.90 Å². The fourth-order valence-corrected chi connectivity index (χ4v) is 3.60. The highest BCUT2D eigenvalue weighted by Gasteiger charge is 2.33. The van der Waals surface area contributed by atoms with Gasteiger partial charge in [0.2, 0.25) is 0 Å². The van der Waals surface area contributed by atoms with Gasteiger partial charge in [0.25, 0.3) is 5.91 Å². The predicted molar refractivity (Wildman–Crippen MR) is 95.8 cm³/mol. The van der Waals surface area contributed by atoms with Gasteiger partial charge in [-0.05, 0) is 43.2 Å². The van der Waals surface area contributed by atoms with Crippen LogP contribution in [-0.4, -0.2) is 15.2 Å². The Hall–Kier alpha value is -1.98. The molecule has 0 unspecified atom stereocenters. The molecular weight excluding hydrogens is 312 g/mol. The van der Waals surface area contributed by atoms with Gasteiger partial charge < -0.3 is 0 Å². The van der Waals surface area contributed by atoms with Gasteiger partial charge >= 0.3 is 0 Å². The third-order valence-electron chi connectivity index (χ3n) is 3.41. The number of amides is 1. The van der Waals surface area contributed by atoms with E-state index in [1.807, 2.05) is 31.2 Å². The van der Waals surface area contributed by atoms with Crippen molar-refractivity contribution in [1.82, 2.24) is 4.98 Å². The molecular formula is C17H14N2OS2. The van der Waals surface area contributed by atoms with Crippen molar-refractivity contribution in [3.8, 4) is 0 Å². The molecule has 2 heterocycles. The molecule has 3 nitrogen and oxygen atoms in total. The minimum absolute atomic E-state index is 0.0945. The maximum atomic E-state index is 12.6. The quantitative estimate of drug-likeness (QED) is 0.614. The number of thioether (sulfide) groups is 1. The third kappa shape index (κ3) is 2.82. The average molecular weight is 326 g/mol. The zero-order valence-electron chi connectivity index (χ0n) is 12.2. The number of hydrogen-bond acceptors (Lipinski definition) is 4. The minimum Gasteiger partial charge on any atom is -0.268 e. The topological polar surface area (TPSA) is 33.2 Å². The standard InChI is InChI=1S/C17H14N2OS2/c1-11-5-6-13(12(2)8-11)9-15-16(20)19(17(21)22-15)14-4-3-7-18-10-14/h3-10H,1-2H3/b15-9-. The van der Waals surface area contributed by atoms with Gasteiger partial charge in [0.05, 0.1) is 16.8 Å². The number of hydrogen-bond donors (Lipinski definition) is 0.